The molecule has 4 heterocycles. The number of aromatic nitrogens is 4. The molecule has 156 valence electrons. The summed E-state index contributed by atoms with van der Waals surface area (Å²) in [4.78, 5) is 28.8. The van der Waals surface area contributed by atoms with E-state index in [0.29, 0.717) is 17.4 Å². The minimum atomic E-state index is 0.0232. The predicted octanol–water partition coefficient (Wildman–Crippen LogP) is 2.76. The summed E-state index contributed by atoms with van der Waals surface area (Å²) in [6.07, 6.45) is 8.06. The lowest BCUT2D eigenvalue weighted by Crippen LogP contribution is -2.43. The van der Waals surface area contributed by atoms with Gasteiger partial charge in [0.05, 0.1) is 11.9 Å². The fraction of sp³-hybridized carbons (Fsp3) is 0.455. The van der Waals surface area contributed by atoms with Crippen molar-refractivity contribution in [2.75, 3.05) is 36.4 Å². The van der Waals surface area contributed by atoms with Gasteiger partial charge >= 0.3 is 0 Å². The highest BCUT2D eigenvalue weighted by Gasteiger charge is 2.21. The number of pyridine rings is 2. The quantitative estimate of drug-likeness (QED) is 0.690. The monoisotopic (exact) mass is 405 g/mol. The second-order valence-electron chi connectivity index (χ2n) is 8.17. The van der Waals surface area contributed by atoms with Crippen LogP contribution in [0.4, 0.5) is 17.5 Å². The minimum absolute atomic E-state index is 0.0232. The summed E-state index contributed by atoms with van der Waals surface area (Å²) >= 11 is 0. The van der Waals surface area contributed by atoms with E-state index in [1.165, 1.54) is 0 Å². The fourth-order valence-electron chi connectivity index (χ4n) is 4.53. The van der Waals surface area contributed by atoms with E-state index in [-0.39, 0.29) is 11.6 Å². The number of fused-ring (bicyclic) bond motifs is 1. The first-order valence-corrected chi connectivity index (χ1v) is 10.8. The molecular formula is C22H27N7O. The van der Waals surface area contributed by atoms with Crippen LogP contribution in [-0.2, 0) is 0 Å². The zero-order chi connectivity index (χ0) is 20.5. The van der Waals surface area contributed by atoms with Crippen LogP contribution in [0.1, 0.15) is 37.3 Å². The molecule has 3 aromatic rings. The second-order valence-corrected chi connectivity index (χ2v) is 8.17. The number of anilines is 3. The summed E-state index contributed by atoms with van der Waals surface area (Å²) in [6.45, 7) is 5.90. The Morgan fingerprint density at radius 3 is 2.63 bits per heavy atom. The highest BCUT2D eigenvalue weighted by molar-refractivity contribution is 5.79. The van der Waals surface area contributed by atoms with Crippen molar-refractivity contribution in [3.63, 3.8) is 0 Å². The lowest BCUT2D eigenvalue weighted by Gasteiger charge is -2.29. The second kappa shape index (κ2) is 8.02. The maximum absolute atomic E-state index is 12.8. The zero-order valence-electron chi connectivity index (χ0n) is 17.3. The average Bonchev–Trinajstić information content (AvgIpc) is 3.29. The van der Waals surface area contributed by atoms with Crippen molar-refractivity contribution in [1.82, 2.24) is 24.8 Å². The predicted molar refractivity (Wildman–Crippen MR) is 119 cm³/mol. The fourth-order valence-corrected chi connectivity index (χ4v) is 4.53. The molecule has 8 heteroatoms. The Labute approximate surface area is 175 Å². The van der Waals surface area contributed by atoms with Crippen LogP contribution in [0.15, 0.2) is 35.4 Å². The molecule has 0 amide bonds. The molecule has 2 fully saturated rings. The van der Waals surface area contributed by atoms with Gasteiger partial charge in [-0.15, -0.1) is 0 Å². The average molecular weight is 406 g/mol. The van der Waals surface area contributed by atoms with Crippen LogP contribution in [0, 0.1) is 6.92 Å². The van der Waals surface area contributed by atoms with Gasteiger partial charge in [0, 0.05) is 49.9 Å². The van der Waals surface area contributed by atoms with Crippen molar-refractivity contribution in [2.24, 2.45) is 0 Å². The van der Waals surface area contributed by atoms with Gasteiger partial charge in [0.1, 0.15) is 11.5 Å². The van der Waals surface area contributed by atoms with Gasteiger partial charge in [-0.05, 0) is 37.5 Å². The molecule has 0 spiro atoms. The number of nitrogens with zero attached hydrogens (tertiary/aromatic N) is 5. The Morgan fingerprint density at radius 1 is 1.10 bits per heavy atom. The third kappa shape index (κ3) is 3.63. The Hall–Kier alpha value is -3.00. The van der Waals surface area contributed by atoms with Crippen molar-refractivity contribution < 1.29 is 0 Å². The highest BCUT2D eigenvalue weighted by Crippen LogP contribution is 2.31. The van der Waals surface area contributed by atoms with Crippen molar-refractivity contribution in [3.05, 3.63) is 46.5 Å². The Balaban J connectivity index is 1.44. The maximum atomic E-state index is 12.8. The Bertz CT molecular complexity index is 1100. The van der Waals surface area contributed by atoms with Crippen LogP contribution in [0.2, 0.25) is 0 Å². The van der Waals surface area contributed by atoms with Crippen LogP contribution >= 0.6 is 0 Å². The number of rotatable bonds is 4. The smallest absolute Gasteiger partial charge is 0.252 e. The van der Waals surface area contributed by atoms with E-state index in [9.17, 15) is 4.79 Å². The molecule has 0 aromatic carbocycles. The van der Waals surface area contributed by atoms with Gasteiger partial charge in [-0.25, -0.2) is 9.97 Å². The van der Waals surface area contributed by atoms with Crippen LogP contribution in [0.3, 0.4) is 0 Å². The van der Waals surface area contributed by atoms with E-state index >= 15 is 0 Å². The van der Waals surface area contributed by atoms with E-state index in [0.717, 1.165) is 68.5 Å². The van der Waals surface area contributed by atoms with Gasteiger partial charge in [0.25, 0.3) is 5.56 Å². The molecule has 0 atom stereocenters. The van der Waals surface area contributed by atoms with E-state index < -0.39 is 0 Å². The van der Waals surface area contributed by atoms with Crippen LogP contribution in [0.25, 0.3) is 11.0 Å². The third-order valence-corrected chi connectivity index (χ3v) is 6.16. The number of piperazine rings is 1. The molecule has 0 radical (unpaired) electrons. The van der Waals surface area contributed by atoms with Crippen LogP contribution < -0.4 is 21.1 Å². The molecule has 3 aromatic heterocycles. The van der Waals surface area contributed by atoms with Crippen LogP contribution in [-0.4, -0.2) is 45.7 Å². The van der Waals surface area contributed by atoms with Gasteiger partial charge < -0.3 is 15.5 Å². The van der Waals surface area contributed by atoms with Gasteiger partial charge in [-0.1, -0.05) is 12.8 Å². The van der Waals surface area contributed by atoms with Gasteiger partial charge in [0.2, 0.25) is 5.95 Å². The summed E-state index contributed by atoms with van der Waals surface area (Å²) in [5.41, 5.74) is 2.76. The first kappa shape index (κ1) is 19.0. The van der Waals surface area contributed by atoms with Gasteiger partial charge in [-0.2, -0.15) is 4.98 Å². The maximum Gasteiger partial charge on any atom is 0.252 e. The Morgan fingerprint density at radius 2 is 1.90 bits per heavy atom. The SMILES string of the molecule is Cc1cc(=O)n(C2CCCC2)c2nc(Nc3ccc(N4CCNCC4)cn3)ncc12. The number of hydrogen-bond acceptors (Lipinski definition) is 7. The molecule has 5 rings (SSSR count). The van der Waals surface area contributed by atoms with E-state index in [1.54, 1.807) is 12.3 Å². The largest absolute Gasteiger partial charge is 0.368 e. The molecule has 2 aliphatic rings. The summed E-state index contributed by atoms with van der Waals surface area (Å²) in [5, 5.41) is 7.49. The van der Waals surface area contributed by atoms with E-state index in [1.807, 2.05) is 23.8 Å². The molecule has 1 aliphatic carbocycles. The first-order valence-electron chi connectivity index (χ1n) is 10.8. The van der Waals surface area contributed by atoms with E-state index in [4.69, 9.17) is 4.98 Å². The number of hydrogen-bond donors (Lipinski definition) is 2. The highest BCUT2D eigenvalue weighted by atomic mass is 16.1. The third-order valence-electron chi connectivity index (χ3n) is 6.16. The molecule has 1 saturated carbocycles. The molecular weight excluding hydrogens is 378 g/mol. The minimum Gasteiger partial charge on any atom is -0.368 e. The van der Waals surface area contributed by atoms with Crippen molar-refractivity contribution in [2.45, 2.75) is 38.6 Å². The Kier molecular flexibility index (Phi) is 5.08. The van der Waals surface area contributed by atoms with Crippen LogP contribution in [0.5, 0.6) is 0 Å². The molecule has 0 bridgehead atoms. The molecule has 1 aliphatic heterocycles. The topological polar surface area (TPSA) is 88.0 Å². The lowest BCUT2D eigenvalue weighted by molar-refractivity contribution is 0.515. The number of nitrogens with one attached hydrogen (secondary N) is 2. The molecule has 2 N–H and O–H groups in total. The molecule has 0 unspecified atom stereocenters. The summed E-state index contributed by atoms with van der Waals surface area (Å²) in [5.74, 6) is 1.15. The molecule has 1 saturated heterocycles. The number of aryl methyl sites for hydroxylation is 1. The molecule has 30 heavy (non-hydrogen) atoms. The normalized spacial score (nSPS) is 17.6. The van der Waals surface area contributed by atoms with Crippen molar-refractivity contribution in [1.29, 1.82) is 0 Å². The summed E-state index contributed by atoms with van der Waals surface area (Å²) < 4.78 is 1.86. The summed E-state index contributed by atoms with van der Waals surface area (Å²) in [7, 11) is 0. The van der Waals surface area contributed by atoms with Crippen molar-refractivity contribution in [3.8, 4) is 0 Å². The first-order chi connectivity index (χ1) is 14.7. The van der Waals surface area contributed by atoms with Crippen molar-refractivity contribution >= 4 is 28.5 Å². The lowest BCUT2D eigenvalue weighted by atomic mass is 10.1. The van der Waals surface area contributed by atoms with E-state index in [2.05, 4.69) is 31.6 Å². The van der Waals surface area contributed by atoms with Gasteiger partial charge in [0.15, 0.2) is 0 Å². The summed E-state index contributed by atoms with van der Waals surface area (Å²) in [6, 6.07) is 5.94. The standard InChI is InChI=1S/C22H27N7O/c1-15-12-20(30)29(16-4-2-3-5-16)21-18(15)14-25-22(27-21)26-19-7-6-17(13-24-19)28-10-8-23-9-11-28/h6-7,12-14,16,23H,2-5,8-11H2,1H3,(H,24,25,26,27). The molecule has 8 nitrogen and oxygen atoms in total. The van der Waals surface area contributed by atoms with Gasteiger partial charge in [-0.3, -0.25) is 9.36 Å². The zero-order valence-corrected chi connectivity index (χ0v) is 17.3.